The molecule has 4 unspecified atom stereocenters. The van der Waals surface area contributed by atoms with E-state index in [-0.39, 0.29) is 23.6 Å². The highest BCUT2D eigenvalue weighted by atomic mass is 19.4. The molecule has 114 valence electrons. The van der Waals surface area contributed by atoms with Gasteiger partial charge in [0.05, 0.1) is 17.8 Å². The van der Waals surface area contributed by atoms with E-state index in [0.717, 1.165) is 31.5 Å². The number of amides is 1. The van der Waals surface area contributed by atoms with Crippen molar-refractivity contribution in [2.75, 3.05) is 5.32 Å². The van der Waals surface area contributed by atoms with E-state index >= 15 is 0 Å². The van der Waals surface area contributed by atoms with E-state index in [1.54, 1.807) is 0 Å². The van der Waals surface area contributed by atoms with Crippen molar-refractivity contribution in [1.29, 1.82) is 0 Å². The SMILES string of the molecule is NC1C2CCC(C2)C1C(=O)Nc1ccc(C(F)(F)F)nc1. The van der Waals surface area contributed by atoms with Crippen LogP contribution < -0.4 is 11.1 Å². The van der Waals surface area contributed by atoms with E-state index in [1.165, 1.54) is 6.07 Å². The van der Waals surface area contributed by atoms with Crippen LogP contribution in [0.15, 0.2) is 18.3 Å². The highest BCUT2D eigenvalue weighted by Gasteiger charge is 2.49. The van der Waals surface area contributed by atoms with Gasteiger partial charge in [-0.05, 0) is 43.2 Å². The standard InChI is InChI=1S/C14H16F3N3O/c15-14(16,17)10-4-3-9(6-19-10)20-13(21)11-7-1-2-8(5-7)12(11)18/h3-4,6-8,11-12H,1-2,5,18H2,(H,20,21). The predicted octanol–water partition coefficient (Wildman–Crippen LogP) is 2.41. The number of halogens is 3. The summed E-state index contributed by atoms with van der Waals surface area (Å²) in [7, 11) is 0. The molecule has 1 aromatic heterocycles. The largest absolute Gasteiger partial charge is 0.433 e. The fourth-order valence-electron chi connectivity index (χ4n) is 3.59. The van der Waals surface area contributed by atoms with Gasteiger partial charge < -0.3 is 11.1 Å². The Morgan fingerprint density at radius 1 is 1.29 bits per heavy atom. The van der Waals surface area contributed by atoms with E-state index in [4.69, 9.17) is 5.73 Å². The lowest BCUT2D eigenvalue weighted by molar-refractivity contribution is -0.141. The number of nitrogens with one attached hydrogen (secondary N) is 1. The predicted molar refractivity (Wildman–Crippen MR) is 70.2 cm³/mol. The zero-order valence-electron chi connectivity index (χ0n) is 11.2. The first-order valence-electron chi connectivity index (χ1n) is 6.96. The Morgan fingerprint density at radius 2 is 2.00 bits per heavy atom. The Labute approximate surface area is 119 Å². The third kappa shape index (κ3) is 2.62. The minimum atomic E-state index is -4.48. The van der Waals surface area contributed by atoms with Crippen LogP contribution in [-0.2, 0) is 11.0 Å². The van der Waals surface area contributed by atoms with Gasteiger partial charge in [0.15, 0.2) is 0 Å². The molecule has 1 aromatic rings. The van der Waals surface area contributed by atoms with Crippen molar-refractivity contribution >= 4 is 11.6 Å². The number of hydrogen-bond acceptors (Lipinski definition) is 3. The van der Waals surface area contributed by atoms with Crippen LogP contribution >= 0.6 is 0 Å². The Kier molecular flexibility index (Phi) is 3.39. The van der Waals surface area contributed by atoms with Crippen molar-refractivity contribution in [2.24, 2.45) is 23.5 Å². The molecule has 21 heavy (non-hydrogen) atoms. The summed E-state index contributed by atoms with van der Waals surface area (Å²) in [5, 5.41) is 2.63. The maximum atomic E-state index is 12.4. The number of nitrogens with two attached hydrogens (primary N) is 1. The highest BCUT2D eigenvalue weighted by molar-refractivity contribution is 5.93. The summed E-state index contributed by atoms with van der Waals surface area (Å²) < 4.78 is 37.2. The van der Waals surface area contributed by atoms with Gasteiger partial charge in [0.2, 0.25) is 5.91 Å². The summed E-state index contributed by atoms with van der Waals surface area (Å²) >= 11 is 0. The first-order chi connectivity index (χ1) is 9.86. The Hall–Kier alpha value is -1.63. The highest BCUT2D eigenvalue weighted by Crippen LogP contribution is 2.47. The topological polar surface area (TPSA) is 68.0 Å². The molecule has 0 spiro atoms. The van der Waals surface area contributed by atoms with Crippen molar-refractivity contribution in [1.82, 2.24) is 4.98 Å². The summed E-state index contributed by atoms with van der Waals surface area (Å²) in [5.74, 6) is 0.242. The lowest BCUT2D eigenvalue weighted by Crippen LogP contribution is -2.42. The number of rotatable bonds is 2. The molecule has 0 radical (unpaired) electrons. The molecule has 3 rings (SSSR count). The third-order valence-corrected chi connectivity index (χ3v) is 4.60. The molecule has 0 aromatic carbocycles. The Bertz CT molecular complexity index is 541. The maximum absolute atomic E-state index is 12.4. The Balaban J connectivity index is 1.68. The van der Waals surface area contributed by atoms with Crippen molar-refractivity contribution < 1.29 is 18.0 Å². The van der Waals surface area contributed by atoms with Gasteiger partial charge in [-0.3, -0.25) is 4.79 Å². The number of nitrogens with zero attached hydrogens (tertiary/aromatic N) is 1. The number of hydrogen-bond donors (Lipinski definition) is 2. The van der Waals surface area contributed by atoms with Crippen molar-refractivity contribution in [3.8, 4) is 0 Å². The molecule has 2 aliphatic rings. The number of aromatic nitrogens is 1. The van der Waals surface area contributed by atoms with Gasteiger partial charge >= 0.3 is 6.18 Å². The zero-order chi connectivity index (χ0) is 15.2. The van der Waals surface area contributed by atoms with Gasteiger partial charge in [0.1, 0.15) is 5.69 Å². The van der Waals surface area contributed by atoms with E-state index < -0.39 is 11.9 Å². The van der Waals surface area contributed by atoms with Gasteiger partial charge in [-0.2, -0.15) is 13.2 Å². The molecule has 2 bridgehead atoms. The zero-order valence-corrected chi connectivity index (χ0v) is 11.2. The number of alkyl halides is 3. The molecule has 0 saturated heterocycles. The van der Waals surface area contributed by atoms with Gasteiger partial charge in [-0.15, -0.1) is 0 Å². The third-order valence-electron chi connectivity index (χ3n) is 4.60. The van der Waals surface area contributed by atoms with Gasteiger partial charge in [-0.25, -0.2) is 4.98 Å². The Morgan fingerprint density at radius 3 is 2.52 bits per heavy atom. The molecule has 4 nitrogen and oxygen atoms in total. The summed E-state index contributed by atoms with van der Waals surface area (Å²) in [6.07, 6.45) is -0.404. The van der Waals surface area contributed by atoms with Crippen LogP contribution in [0.5, 0.6) is 0 Å². The molecular formula is C14H16F3N3O. The molecule has 3 N–H and O–H groups in total. The molecule has 2 fully saturated rings. The summed E-state index contributed by atoms with van der Waals surface area (Å²) in [4.78, 5) is 15.6. The van der Waals surface area contributed by atoms with Crippen LogP contribution in [0.2, 0.25) is 0 Å². The van der Waals surface area contributed by atoms with Crippen molar-refractivity contribution in [3.05, 3.63) is 24.0 Å². The second kappa shape index (κ2) is 4.98. The maximum Gasteiger partial charge on any atom is 0.433 e. The fraction of sp³-hybridized carbons (Fsp3) is 0.571. The van der Waals surface area contributed by atoms with Crippen LogP contribution in [0.25, 0.3) is 0 Å². The van der Waals surface area contributed by atoms with Crippen LogP contribution in [-0.4, -0.2) is 16.9 Å². The normalized spacial score (nSPS) is 31.4. The molecule has 4 atom stereocenters. The average molecular weight is 299 g/mol. The number of pyridine rings is 1. The molecule has 0 aliphatic heterocycles. The molecular weight excluding hydrogens is 283 g/mol. The minimum Gasteiger partial charge on any atom is -0.327 e. The van der Waals surface area contributed by atoms with Gasteiger partial charge in [-0.1, -0.05) is 0 Å². The summed E-state index contributed by atoms with van der Waals surface area (Å²) in [6.45, 7) is 0. The smallest absolute Gasteiger partial charge is 0.327 e. The fourth-order valence-corrected chi connectivity index (χ4v) is 3.59. The molecule has 7 heteroatoms. The van der Waals surface area contributed by atoms with Gasteiger partial charge in [0.25, 0.3) is 0 Å². The minimum absolute atomic E-state index is 0.147. The number of anilines is 1. The van der Waals surface area contributed by atoms with E-state index in [1.807, 2.05) is 0 Å². The van der Waals surface area contributed by atoms with Crippen LogP contribution in [0.1, 0.15) is 25.0 Å². The molecule has 1 amide bonds. The summed E-state index contributed by atoms with van der Waals surface area (Å²) in [6, 6.07) is 1.93. The van der Waals surface area contributed by atoms with Crippen LogP contribution in [0, 0.1) is 17.8 Å². The number of carbonyl (C=O) groups is 1. The molecule has 1 heterocycles. The van der Waals surface area contributed by atoms with Crippen molar-refractivity contribution in [2.45, 2.75) is 31.5 Å². The van der Waals surface area contributed by atoms with E-state index in [2.05, 4.69) is 10.3 Å². The van der Waals surface area contributed by atoms with Crippen LogP contribution in [0.3, 0.4) is 0 Å². The van der Waals surface area contributed by atoms with E-state index in [0.29, 0.717) is 11.8 Å². The number of carbonyl (C=O) groups excluding carboxylic acids is 1. The number of fused-ring (bicyclic) bond motifs is 2. The first kappa shape index (κ1) is 14.3. The lowest BCUT2D eigenvalue weighted by Gasteiger charge is -2.26. The lowest BCUT2D eigenvalue weighted by atomic mass is 9.84. The summed E-state index contributed by atoms with van der Waals surface area (Å²) in [5.41, 5.74) is 5.37. The second-order valence-corrected chi connectivity index (χ2v) is 5.86. The van der Waals surface area contributed by atoms with Crippen LogP contribution in [0.4, 0.5) is 18.9 Å². The second-order valence-electron chi connectivity index (χ2n) is 5.86. The first-order valence-corrected chi connectivity index (χ1v) is 6.96. The average Bonchev–Trinajstić information content (AvgIpc) is 2.98. The van der Waals surface area contributed by atoms with E-state index in [9.17, 15) is 18.0 Å². The monoisotopic (exact) mass is 299 g/mol. The molecule has 2 saturated carbocycles. The quantitative estimate of drug-likeness (QED) is 0.881. The van der Waals surface area contributed by atoms with Gasteiger partial charge in [0, 0.05) is 6.04 Å². The van der Waals surface area contributed by atoms with Crippen molar-refractivity contribution in [3.63, 3.8) is 0 Å². The molecule has 2 aliphatic carbocycles.